The molecule has 0 aliphatic rings. The zero-order chi connectivity index (χ0) is 15.7. The molecule has 0 bridgehead atoms. The van der Waals surface area contributed by atoms with E-state index in [1.54, 1.807) is 0 Å². The van der Waals surface area contributed by atoms with Gasteiger partial charge < -0.3 is 10.2 Å². The molecule has 0 radical (unpaired) electrons. The minimum atomic E-state index is 0.279. The Hall–Kier alpha value is -1.37. The molecule has 0 spiro atoms. The average molecular weight is 287 g/mol. The first-order valence-corrected chi connectivity index (χ1v) is 8.09. The van der Waals surface area contributed by atoms with E-state index in [0.717, 1.165) is 18.7 Å². The van der Waals surface area contributed by atoms with Crippen molar-refractivity contribution in [1.82, 2.24) is 10.2 Å². The first-order chi connectivity index (χ1) is 10.1. The summed E-state index contributed by atoms with van der Waals surface area (Å²) in [4.78, 5) is 2.46. The summed E-state index contributed by atoms with van der Waals surface area (Å²) in [5.41, 5.74) is 1.92. The molecule has 0 amide bonds. The Kier molecular flexibility index (Phi) is 8.04. The summed E-state index contributed by atoms with van der Waals surface area (Å²) in [6, 6.07) is 10.8. The van der Waals surface area contributed by atoms with Crippen molar-refractivity contribution in [3.63, 3.8) is 0 Å². The highest BCUT2D eigenvalue weighted by atomic mass is 15.1. The summed E-state index contributed by atoms with van der Waals surface area (Å²) in [5, 5.41) is 12.6. The Labute approximate surface area is 130 Å². The fraction of sp³-hybridized carbons (Fsp3) is 0.611. The molecule has 0 aliphatic carbocycles. The van der Waals surface area contributed by atoms with E-state index < -0.39 is 0 Å². The molecule has 3 heteroatoms. The maximum atomic E-state index is 8.97. The van der Waals surface area contributed by atoms with E-state index in [4.69, 9.17) is 5.26 Å². The zero-order valence-electron chi connectivity index (χ0n) is 13.9. The Balaban J connectivity index is 2.39. The van der Waals surface area contributed by atoms with Crippen LogP contribution in [0.1, 0.15) is 57.7 Å². The van der Waals surface area contributed by atoms with Gasteiger partial charge in [-0.25, -0.2) is 0 Å². The van der Waals surface area contributed by atoms with Crippen molar-refractivity contribution in [3.8, 4) is 6.07 Å². The molecule has 21 heavy (non-hydrogen) atoms. The molecule has 0 saturated heterocycles. The molecule has 1 N–H and O–H groups in total. The van der Waals surface area contributed by atoms with Crippen molar-refractivity contribution in [2.45, 2.75) is 52.6 Å². The SMILES string of the molecule is CCN(CC)CCCC(C)NC(C)c1cccc(C#N)c1. The molecule has 2 unspecified atom stereocenters. The lowest BCUT2D eigenvalue weighted by molar-refractivity contribution is 0.288. The molecule has 0 aromatic heterocycles. The molecule has 116 valence electrons. The van der Waals surface area contributed by atoms with Crippen LogP contribution in [0.15, 0.2) is 24.3 Å². The van der Waals surface area contributed by atoms with Crippen LogP contribution < -0.4 is 5.32 Å². The van der Waals surface area contributed by atoms with E-state index >= 15 is 0 Å². The van der Waals surface area contributed by atoms with E-state index in [1.165, 1.54) is 24.9 Å². The number of nitrogens with zero attached hydrogens (tertiary/aromatic N) is 2. The third kappa shape index (κ3) is 6.29. The van der Waals surface area contributed by atoms with Crippen molar-refractivity contribution in [3.05, 3.63) is 35.4 Å². The molecule has 1 rings (SSSR count). The maximum Gasteiger partial charge on any atom is 0.0991 e. The number of hydrogen-bond donors (Lipinski definition) is 1. The normalized spacial score (nSPS) is 13.9. The smallest absolute Gasteiger partial charge is 0.0991 e. The van der Waals surface area contributed by atoms with Crippen LogP contribution >= 0.6 is 0 Å². The van der Waals surface area contributed by atoms with Gasteiger partial charge in [0.25, 0.3) is 0 Å². The number of nitrogens with one attached hydrogen (secondary N) is 1. The zero-order valence-corrected chi connectivity index (χ0v) is 13.9. The van der Waals surface area contributed by atoms with Crippen LogP contribution in [0.4, 0.5) is 0 Å². The lowest BCUT2D eigenvalue weighted by Crippen LogP contribution is -2.31. The maximum absolute atomic E-state index is 8.97. The number of hydrogen-bond acceptors (Lipinski definition) is 3. The first-order valence-electron chi connectivity index (χ1n) is 8.09. The van der Waals surface area contributed by atoms with E-state index in [9.17, 15) is 0 Å². The third-order valence-electron chi connectivity index (χ3n) is 4.06. The van der Waals surface area contributed by atoms with Crippen molar-refractivity contribution in [1.29, 1.82) is 5.26 Å². The van der Waals surface area contributed by atoms with Gasteiger partial charge in [-0.1, -0.05) is 26.0 Å². The van der Waals surface area contributed by atoms with E-state index in [-0.39, 0.29) is 6.04 Å². The molecule has 2 atom stereocenters. The molecular weight excluding hydrogens is 258 g/mol. The van der Waals surface area contributed by atoms with Gasteiger partial charge >= 0.3 is 0 Å². The van der Waals surface area contributed by atoms with Crippen LogP contribution in [0.2, 0.25) is 0 Å². The van der Waals surface area contributed by atoms with Crippen LogP contribution in [0.25, 0.3) is 0 Å². The van der Waals surface area contributed by atoms with Crippen LogP contribution in [0.3, 0.4) is 0 Å². The lowest BCUT2D eigenvalue weighted by Gasteiger charge is -2.22. The molecule has 0 fully saturated rings. The van der Waals surface area contributed by atoms with Gasteiger partial charge in [0, 0.05) is 12.1 Å². The van der Waals surface area contributed by atoms with Gasteiger partial charge in [0.05, 0.1) is 11.6 Å². The highest BCUT2D eigenvalue weighted by Gasteiger charge is 2.10. The van der Waals surface area contributed by atoms with Crippen molar-refractivity contribution < 1.29 is 0 Å². The summed E-state index contributed by atoms with van der Waals surface area (Å²) < 4.78 is 0. The van der Waals surface area contributed by atoms with Crippen molar-refractivity contribution >= 4 is 0 Å². The fourth-order valence-electron chi connectivity index (χ4n) is 2.64. The summed E-state index contributed by atoms with van der Waals surface area (Å²) in [5.74, 6) is 0. The number of rotatable bonds is 9. The second-order valence-corrected chi connectivity index (χ2v) is 5.70. The van der Waals surface area contributed by atoms with E-state index in [1.807, 2.05) is 18.2 Å². The average Bonchev–Trinajstić information content (AvgIpc) is 2.51. The topological polar surface area (TPSA) is 39.1 Å². The third-order valence-corrected chi connectivity index (χ3v) is 4.06. The molecule has 3 nitrogen and oxygen atoms in total. The van der Waals surface area contributed by atoms with Gasteiger partial charge in [-0.3, -0.25) is 0 Å². The van der Waals surface area contributed by atoms with Gasteiger partial charge in [0.1, 0.15) is 0 Å². The summed E-state index contributed by atoms with van der Waals surface area (Å²) in [7, 11) is 0. The molecule has 1 aromatic rings. The largest absolute Gasteiger partial charge is 0.308 e. The summed E-state index contributed by atoms with van der Waals surface area (Å²) in [6.07, 6.45) is 2.40. The number of benzene rings is 1. The van der Waals surface area contributed by atoms with Crippen molar-refractivity contribution in [2.24, 2.45) is 0 Å². The molecule has 1 aromatic carbocycles. The minimum absolute atomic E-state index is 0.279. The quantitative estimate of drug-likeness (QED) is 0.752. The minimum Gasteiger partial charge on any atom is -0.308 e. The van der Waals surface area contributed by atoms with Crippen LogP contribution in [-0.2, 0) is 0 Å². The fourth-order valence-corrected chi connectivity index (χ4v) is 2.64. The highest BCUT2D eigenvalue weighted by molar-refractivity contribution is 5.34. The van der Waals surface area contributed by atoms with E-state index in [0.29, 0.717) is 6.04 Å². The highest BCUT2D eigenvalue weighted by Crippen LogP contribution is 2.15. The molecule has 0 aliphatic heterocycles. The Bertz CT molecular complexity index is 446. The van der Waals surface area contributed by atoms with E-state index in [2.05, 4.69) is 50.0 Å². The monoisotopic (exact) mass is 287 g/mol. The summed E-state index contributed by atoms with van der Waals surface area (Å²) in [6.45, 7) is 12.3. The Morgan fingerprint density at radius 2 is 1.95 bits per heavy atom. The van der Waals surface area contributed by atoms with Crippen molar-refractivity contribution in [2.75, 3.05) is 19.6 Å². The predicted octanol–water partition coefficient (Wildman–Crippen LogP) is 3.72. The van der Waals surface area contributed by atoms with Gasteiger partial charge in [-0.05, 0) is 64.0 Å². The van der Waals surface area contributed by atoms with Crippen LogP contribution in [-0.4, -0.2) is 30.6 Å². The van der Waals surface area contributed by atoms with Gasteiger partial charge in [0.2, 0.25) is 0 Å². The lowest BCUT2D eigenvalue weighted by atomic mass is 10.0. The van der Waals surface area contributed by atoms with Gasteiger partial charge in [-0.15, -0.1) is 0 Å². The van der Waals surface area contributed by atoms with Gasteiger partial charge in [-0.2, -0.15) is 5.26 Å². The van der Waals surface area contributed by atoms with Gasteiger partial charge in [0.15, 0.2) is 0 Å². The second kappa shape index (κ2) is 9.55. The second-order valence-electron chi connectivity index (χ2n) is 5.70. The molecular formula is C18H29N3. The number of nitriles is 1. The van der Waals surface area contributed by atoms with Crippen LogP contribution in [0.5, 0.6) is 0 Å². The molecule has 0 heterocycles. The summed E-state index contributed by atoms with van der Waals surface area (Å²) >= 11 is 0. The molecule has 0 saturated carbocycles. The van der Waals surface area contributed by atoms with Crippen LogP contribution in [0, 0.1) is 11.3 Å². The standard InChI is InChI=1S/C18H29N3/c1-5-21(6-2)12-8-9-15(3)20-16(4)18-11-7-10-17(13-18)14-19/h7,10-11,13,15-16,20H,5-6,8-9,12H2,1-4H3. The first kappa shape index (κ1) is 17.7. The Morgan fingerprint density at radius 3 is 2.57 bits per heavy atom. The predicted molar refractivity (Wildman–Crippen MR) is 89.2 cm³/mol. The Morgan fingerprint density at radius 1 is 1.24 bits per heavy atom.